The molecule has 18 heavy (non-hydrogen) atoms. The minimum atomic E-state index is -0.758. The average Bonchev–Trinajstić information content (AvgIpc) is 2.64. The van der Waals surface area contributed by atoms with E-state index in [0.717, 1.165) is 19.3 Å². The first-order valence-electron chi connectivity index (χ1n) is 6.65. The van der Waals surface area contributed by atoms with Crippen molar-refractivity contribution in [3.8, 4) is 0 Å². The second-order valence-corrected chi connectivity index (χ2v) is 5.78. The number of carboxylic acids is 1. The van der Waals surface area contributed by atoms with Crippen LogP contribution in [0, 0.1) is 5.92 Å². The van der Waals surface area contributed by atoms with Gasteiger partial charge in [-0.25, -0.2) is 4.79 Å². The Morgan fingerprint density at radius 2 is 2.00 bits per heavy atom. The molecule has 0 radical (unpaired) electrons. The third-order valence-corrected chi connectivity index (χ3v) is 3.44. The molecule has 3 N–H and O–H groups in total. The molecule has 0 aromatic carbocycles. The van der Waals surface area contributed by atoms with Crippen molar-refractivity contribution in [2.24, 2.45) is 5.92 Å². The number of amides is 2. The Morgan fingerprint density at radius 1 is 1.33 bits per heavy atom. The molecular weight excluding hydrogens is 232 g/mol. The minimum Gasteiger partial charge on any atom is -0.481 e. The van der Waals surface area contributed by atoms with E-state index < -0.39 is 5.97 Å². The predicted octanol–water partition coefficient (Wildman–Crippen LogP) is 2.12. The molecule has 1 fully saturated rings. The van der Waals surface area contributed by atoms with Crippen LogP contribution >= 0.6 is 0 Å². The van der Waals surface area contributed by atoms with Gasteiger partial charge in [-0.05, 0) is 39.5 Å². The highest BCUT2D eigenvalue weighted by molar-refractivity contribution is 5.75. The second-order valence-electron chi connectivity index (χ2n) is 5.78. The van der Waals surface area contributed by atoms with E-state index in [1.165, 1.54) is 0 Å². The maximum atomic E-state index is 11.8. The number of rotatable bonds is 5. The standard InChI is InChI=1S/C13H24N2O3/c1-4-7-13(2,3)15-12(18)14-10-6-5-9(8-10)11(16)17/h9-10H,4-8H2,1-3H3,(H,16,17)(H2,14,15,18)/t9-,10+/m1/s1. The lowest BCUT2D eigenvalue weighted by molar-refractivity contribution is -0.141. The van der Waals surface area contributed by atoms with Crippen LogP contribution in [-0.4, -0.2) is 28.7 Å². The first-order valence-corrected chi connectivity index (χ1v) is 6.65. The summed E-state index contributed by atoms with van der Waals surface area (Å²) in [5, 5.41) is 14.7. The van der Waals surface area contributed by atoms with Crippen molar-refractivity contribution in [1.82, 2.24) is 10.6 Å². The van der Waals surface area contributed by atoms with Crippen LogP contribution in [0.15, 0.2) is 0 Å². The summed E-state index contributed by atoms with van der Waals surface area (Å²) in [6, 6.07) is -0.201. The highest BCUT2D eigenvalue weighted by Gasteiger charge is 2.31. The summed E-state index contributed by atoms with van der Waals surface area (Å²) in [6.45, 7) is 6.06. The van der Waals surface area contributed by atoms with E-state index in [0.29, 0.717) is 12.8 Å². The largest absolute Gasteiger partial charge is 0.481 e. The minimum absolute atomic E-state index is 0.0106. The van der Waals surface area contributed by atoms with Crippen LogP contribution in [0.4, 0.5) is 4.79 Å². The normalized spacial score (nSPS) is 23.7. The van der Waals surface area contributed by atoms with Crippen LogP contribution in [0.5, 0.6) is 0 Å². The maximum Gasteiger partial charge on any atom is 0.315 e. The fourth-order valence-corrected chi connectivity index (χ4v) is 2.55. The molecule has 1 saturated carbocycles. The molecule has 0 aromatic rings. The summed E-state index contributed by atoms with van der Waals surface area (Å²) in [5.74, 6) is -1.06. The maximum absolute atomic E-state index is 11.8. The fourth-order valence-electron chi connectivity index (χ4n) is 2.55. The van der Waals surface area contributed by atoms with E-state index in [1.54, 1.807) is 0 Å². The van der Waals surface area contributed by atoms with Crippen molar-refractivity contribution in [3.63, 3.8) is 0 Å². The molecule has 1 aliphatic rings. The topological polar surface area (TPSA) is 78.4 Å². The first-order chi connectivity index (χ1) is 8.34. The number of urea groups is 1. The molecule has 2 amide bonds. The van der Waals surface area contributed by atoms with Crippen molar-refractivity contribution in [3.05, 3.63) is 0 Å². The van der Waals surface area contributed by atoms with Gasteiger partial charge in [-0.3, -0.25) is 4.79 Å². The third-order valence-electron chi connectivity index (χ3n) is 3.44. The quantitative estimate of drug-likeness (QED) is 0.705. The van der Waals surface area contributed by atoms with Crippen molar-refractivity contribution in [1.29, 1.82) is 0 Å². The molecule has 0 bridgehead atoms. The van der Waals surface area contributed by atoms with E-state index in [2.05, 4.69) is 17.6 Å². The van der Waals surface area contributed by atoms with Crippen molar-refractivity contribution >= 4 is 12.0 Å². The van der Waals surface area contributed by atoms with Gasteiger partial charge in [0, 0.05) is 11.6 Å². The highest BCUT2D eigenvalue weighted by Crippen LogP contribution is 2.25. The summed E-state index contributed by atoms with van der Waals surface area (Å²) in [7, 11) is 0. The molecule has 5 nitrogen and oxygen atoms in total. The van der Waals surface area contributed by atoms with Gasteiger partial charge in [0.2, 0.25) is 0 Å². The van der Waals surface area contributed by atoms with Crippen molar-refractivity contribution in [2.45, 2.75) is 64.5 Å². The van der Waals surface area contributed by atoms with Gasteiger partial charge in [0.25, 0.3) is 0 Å². The summed E-state index contributed by atoms with van der Waals surface area (Å²) >= 11 is 0. The Bertz CT molecular complexity index is 315. The monoisotopic (exact) mass is 256 g/mol. The fraction of sp³-hybridized carbons (Fsp3) is 0.846. The Hall–Kier alpha value is -1.26. The lowest BCUT2D eigenvalue weighted by Crippen LogP contribution is -2.50. The van der Waals surface area contributed by atoms with Crippen LogP contribution in [-0.2, 0) is 4.79 Å². The van der Waals surface area contributed by atoms with Crippen LogP contribution in [0.25, 0.3) is 0 Å². The van der Waals surface area contributed by atoms with Gasteiger partial charge in [-0.15, -0.1) is 0 Å². The number of carboxylic acid groups (broad SMARTS) is 1. The Kier molecular flexibility index (Phi) is 4.99. The van der Waals surface area contributed by atoms with Crippen molar-refractivity contribution < 1.29 is 14.7 Å². The third kappa shape index (κ3) is 4.55. The molecule has 0 heterocycles. The number of aliphatic carboxylic acids is 1. The lowest BCUT2D eigenvalue weighted by atomic mass is 9.99. The lowest BCUT2D eigenvalue weighted by Gasteiger charge is -2.27. The Labute approximate surface area is 108 Å². The van der Waals surface area contributed by atoms with Gasteiger partial charge >= 0.3 is 12.0 Å². The highest BCUT2D eigenvalue weighted by atomic mass is 16.4. The predicted molar refractivity (Wildman–Crippen MR) is 69.4 cm³/mol. The van der Waals surface area contributed by atoms with Gasteiger partial charge in [0.1, 0.15) is 0 Å². The van der Waals surface area contributed by atoms with Crippen LogP contribution in [0.3, 0.4) is 0 Å². The van der Waals surface area contributed by atoms with Crippen LogP contribution < -0.4 is 10.6 Å². The summed E-state index contributed by atoms with van der Waals surface area (Å²) < 4.78 is 0. The van der Waals surface area contributed by atoms with Gasteiger partial charge in [0.05, 0.1) is 5.92 Å². The number of hydrogen-bond acceptors (Lipinski definition) is 2. The molecule has 0 unspecified atom stereocenters. The molecule has 1 aliphatic carbocycles. The number of hydrogen-bond donors (Lipinski definition) is 3. The van der Waals surface area contributed by atoms with Gasteiger partial charge < -0.3 is 15.7 Å². The molecule has 104 valence electrons. The first kappa shape index (κ1) is 14.8. The Morgan fingerprint density at radius 3 is 2.50 bits per heavy atom. The molecule has 0 aliphatic heterocycles. The molecule has 2 atom stereocenters. The molecule has 0 aromatic heterocycles. The number of nitrogens with one attached hydrogen (secondary N) is 2. The zero-order chi connectivity index (χ0) is 13.8. The second kappa shape index (κ2) is 6.07. The SMILES string of the molecule is CCCC(C)(C)NC(=O)N[C@H]1CC[C@@H](C(=O)O)C1. The van der Waals surface area contributed by atoms with E-state index in [4.69, 9.17) is 5.11 Å². The molecular formula is C13H24N2O3. The van der Waals surface area contributed by atoms with E-state index in [-0.39, 0.29) is 23.5 Å². The van der Waals surface area contributed by atoms with Gasteiger partial charge in [0.15, 0.2) is 0 Å². The summed E-state index contributed by atoms with van der Waals surface area (Å²) in [4.78, 5) is 22.6. The molecule has 0 spiro atoms. The Balaban J connectivity index is 2.35. The number of carbonyl (C=O) groups excluding carboxylic acids is 1. The molecule has 0 saturated heterocycles. The molecule has 5 heteroatoms. The van der Waals surface area contributed by atoms with Gasteiger partial charge in [-0.2, -0.15) is 0 Å². The van der Waals surface area contributed by atoms with Crippen LogP contribution in [0.1, 0.15) is 52.9 Å². The van der Waals surface area contributed by atoms with E-state index in [9.17, 15) is 9.59 Å². The van der Waals surface area contributed by atoms with Crippen LogP contribution in [0.2, 0.25) is 0 Å². The molecule has 1 rings (SSSR count). The summed E-state index contributed by atoms with van der Waals surface area (Å²) in [6.07, 6.45) is 3.87. The van der Waals surface area contributed by atoms with E-state index >= 15 is 0 Å². The summed E-state index contributed by atoms with van der Waals surface area (Å²) in [5.41, 5.74) is -0.219. The zero-order valence-corrected chi connectivity index (χ0v) is 11.5. The number of carbonyl (C=O) groups is 2. The average molecular weight is 256 g/mol. The van der Waals surface area contributed by atoms with E-state index in [1.807, 2.05) is 13.8 Å². The smallest absolute Gasteiger partial charge is 0.315 e. The van der Waals surface area contributed by atoms with Gasteiger partial charge in [-0.1, -0.05) is 13.3 Å². The zero-order valence-electron chi connectivity index (χ0n) is 11.5. The van der Waals surface area contributed by atoms with Crippen molar-refractivity contribution in [2.75, 3.05) is 0 Å².